The highest BCUT2D eigenvalue weighted by Gasteiger charge is 2.70. The first kappa shape index (κ1) is 26.7. The van der Waals surface area contributed by atoms with Crippen LogP contribution in [0.15, 0.2) is 52.8 Å². The highest BCUT2D eigenvalue weighted by molar-refractivity contribution is 6.05. The molecule has 10 heteroatoms. The first-order valence-electron chi connectivity index (χ1n) is 13.4. The average molecular weight is 546 g/mol. The summed E-state index contributed by atoms with van der Waals surface area (Å²) in [7, 11) is 3.61. The highest BCUT2D eigenvalue weighted by Crippen LogP contribution is 2.69. The number of aromatic nitrogens is 1. The summed E-state index contributed by atoms with van der Waals surface area (Å²) in [6, 6.07) is 3.00. The Kier molecular flexibility index (Phi) is 5.81. The van der Waals surface area contributed by atoms with Crippen molar-refractivity contribution in [2.45, 2.75) is 81.6 Å². The molecular formula is C29H34F3N3O4. The van der Waals surface area contributed by atoms with Gasteiger partial charge in [0.2, 0.25) is 0 Å². The number of likely N-dealkylation sites (N-methyl/N-ethyl adjacent to an activating group) is 1. The van der Waals surface area contributed by atoms with Crippen molar-refractivity contribution in [3.8, 4) is 0 Å². The van der Waals surface area contributed by atoms with Crippen LogP contribution in [0.1, 0.15) is 44.7 Å². The summed E-state index contributed by atoms with van der Waals surface area (Å²) < 4.78 is 51.1. The number of halogens is 3. The van der Waals surface area contributed by atoms with Crippen molar-refractivity contribution in [3.05, 3.63) is 58.5 Å². The van der Waals surface area contributed by atoms with Crippen molar-refractivity contribution in [1.82, 2.24) is 9.88 Å². The number of nitrogens with one attached hydrogen (secondary N) is 1. The molecular weight excluding hydrogens is 511 g/mol. The zero-order valence-electron chi connectivity index (χ0n) is 22.5. The lowest BCUT2D eigenvalue weighted by atomic mass is 9.56. The number of ether oxygens (including phenoxy) is 1. The minimum absolute atomic E-state index is 0.0494. The van der Waals surface area contributed by atoms with E-state index in [0.717, 1.165) is 0 Å². The highest BCUT2D eigenvalue weighted by atomic mass is 19.4. The van der Waals surface area contributed by atoms with Gasteiger partial charge in [-0.25, -0.2) is 0 Å². The Hall–Kier alpha value is -2.53. The van der Waals surface area contributed by atoms with Gasteiger partial charge in [-0.15, -0.1) is 0 Å². The van der Waals surface area contributed by atoms with Gasteiger partial charge in [-0.05, 0) is 76.4 Å². The number of fused-ring (bicyclic) bond motifs is 1. The molecule has 3 aliphatic carbocycles. The predicted molar refractivity (Wildman–Crippen MR) is 138 cm³/mol. The van der Waals surface area contributed by atoms with Crippen LogP contribution >= 0.6 is 0 Å². The van der Waals surface area contributed by atoms with E-state index < -0.39 is 52.5 Å². The van der Waals surface area contributed by atoms with Crippen LogP contribution in [-0.4, -0.2) is 75.7 Å². The third-order valence-electron chi connectivity index (χ3n) is 10.0. The molecule has 210 valence electrons. The van der Waals surface area contributed by atoms with Crippen LogP contribution in [0.2, 0.25) is 0 Å². The number of pyridine rings is 1. The zero-order chi connectivity index (χ0) is 28.1. The molecule has 2 bridgehead atoms. The number of hydrogen-bond acceptors (Lipinski definition) is 6. The standard InChI is InChI=1S/C29H34F3N3O4/c1-15-20(6-5-11-33-15)34-25(38)16-7-8-22-26(16,2)13-19(29(30,31)32)17-12-18-23(36)24(37)21(35(3)4)14-27(18)9-10-28(17,22)39-27/h5-7,11-12,21-24,36-37H,8-10,13-14H2,1-4H3,(H,34,38)/t21-,22?,23+,24+,26+,27+,28+/m0/s1. The van der Waals surface area contributed by atoms with Crippen LogP contribution < -0.4 is 5.32 Å². The second kappa shape index (κ2) is 8.49. The van der Waals surface area contributed by atoms with E-state index in [0.29, 0.717) is 48.2 Å². The fourth-order valence-corrected chi connectivity index (χ4v) is 8.09. The van der Waals surface area contributed by atoms with Gasteiger partial charge in [0.1, 0.15) is 6.10 Å². The van der Waals surface area contributed by atoms with Gasteiger partial charge in [-0.2, -0.15) is 13.2 Å². The number of aliphatic hydroxyl groups excluding tert-OH is 2. The van der Waals surface area contributed by atoms with Crippen molar-refractivity contribution in [2.24, 2.45) is 11.3 Å². The molecule has 7 nitrogen and oxygen atoms in total. The molecule has 7 atom stereocenters. The summed E-state index contributed by atoms with van der Waals surface area (Å²) >= 11 is 0. The van der Waals surface area contributed by atoms with Gasteiger partial charge >= 0.3 is 6.18 Å². The van der Waals surface area contributed by atoms with E-state index in [1.54, 1.807) is 52.3 Å². The Balaban J connectivity index is 1.45. The number of carbonyl (C=O) groups is 1. The van der Waals surface area contributed by atoms with Crippen LogP contribution in [0.4, 0.5) is 18.9 Å². The predicted octanol–water partition coefficient (Wildman–Crippen LogP) is 3.83. The van der Waals surface area contributed by atoms with Crippen LogP contribution in [0, 0.1) is 18.3 Å². The molecule has 3 N–H and O–H groups in total. The molecule has 0 radical (unpaired) electrons. The number of amides is 1. The number of alkyl halides is 3. The molecule has 2 spiro atoms. The molecule has 2 aliphatic heterocycles. The quantitative estimate of drug-likeness (QED) is 0.535. The van der Waals surface area contributed by atoms with Gasteiger partial charge in [0.25, 0.3) is 5.91 Å². The van der Waals surface area contributed by atoms with Crippen LogP contribution in [-0.2, 0) is 9.53 Å². The molecule has 5 aliphatic rings. The number of nitrogens with zero attached hydrogens (tertiary/aromatic N) is 2. The molecule has 1 saturated heterocycles. The fourth-order valence-electron chi connectivity index (χ4n) is 8.09. The topological polar surface area (TPSA) is 94.9 Å². The summed E-state index contributed by atoms with van der Waals surface area (Å²) in [4.78, 5) is 19.6. The average Bonchev–Trinajstić information content (AvgIpc) is 3.37. The van der Waals surface area contributed by atoms with E-state index in [1.165, 1.54) is 6.08 Å². The molecule has 1 saturated carbocycles. The zero-order valence-corrected chi connectivity index (χ0v) is 22.5. The van der Waals surface area contributed by atoms with Crippen LogP contribution in [0.3, 0.4) is 0 Å². The Labute approximate surface area is 225 Å². The normalized spacial score (nSPS) is 39.1. The minimum atomic E-state index is -4.66. The first-order valence-corrected chi connectivity index (χ1v) is 13.4. The molecule has 2 fully saturated rings. The first-order chi connectivity index (χ1) is 18.2. The molecule has 1 unspecified atom stereocenters. The van der Waals surface area contributed by atoms with Crippen molar-refractivity contribution in [3.63, 3.8) is 0 Å². The lowest BCUT2D eigenvalue weighted by molar-refractivity contribution is -0.172. The Morgan fingerprint density at radius 1 is 1.26 bits per heavy atom. The number of anilines is 1. The monoisotopic (exact) mass is 545 g/mol. The Bertz CT molecular complexity index is 1340. The molecule has 1 amide bonds. The second-order valence-corrected chi connectivity index (χ2v) is 12.2. The maximum absolute atomic E-state index is 14.8. The largest absolute Gasteiger partial charge is 0.413 e. The maximum atomic E-state index is 14.8. The van der Waals surface area contributed by atoms with Gasteiger partial charge in [0, 0.05) is 34.7 Å². The van der Waals surface area contributed by atoms with Crippen molar-refractivity contribution in [2.75, 3.05) is 19.4 Å². The van der Waals surface area contributed by atoms with Gasteiger partial charge in [0.05, 0.1) is 28.7 Å². The minimum Gasteiger partial charge on any atom is -0.388 e. The van der Waals surface area contributed by atoms with Gasteiger partial charge in [0.15, 0.2) is 0 Å². The number of aryl methyl sites for hydroxylation is 1. The van der Waals surface area contributed by atoms with Crippen molar-refractivity contribution >= 4 is 11.6 Å². The molecule has 1 aromatic heterocycles. The van der Waals surface area contributed by atoms with Gasteiger partial charge in [-0.1, -0.05) is 19.1 Å². The van der Waals surface area contributed by atoms with Gasteiger partial charge in [-0.3, -0.25) is 9.78 Å². The Morgan fingerprint density at radius 3 is 2.67 bits per heavy atom. The van der Waals surface area contributed by atoms with E-state index in [-0.39, 0.29) is 17.9 Å². The third-order valence-corrected chi connectivity index (χ3v) is 10.0. The fraction of sp³-hybridized carbons (Fsp3) is 0.586. The van der Waals surface area contributed by atoms with Crippen LogP contribution in [0.25, 0.3) is 0 Å². The second-order valence-electron chi connectivity index (χ2n) is 12.2. The molecule has 3 heterocycles. The summed E-state index contributed by atoms with van der Waals surface area (Å²) in [6.45, 7) is 3.51. The number of aliphatic hydroxyl groups is 2. The summed E-state index contributed by atoms with van der Waals surface area (Å²) in [5, 5.41) is 24.8. The summed E-state index contributed by atoms with van der Waals surface area (Å²) in [5.74, 6) is -0.818. The van der Waals surface area contributed by atoms with Gasteiger partial charge < -0.3 is 25.2 Å². The molecule has 0 aromatic carbocycles. The van der Waals surface area contributed by atoms with E-state index in [2.05, 4.69) is 10.3 Å². The van der Waals surface area contributed by atoms with E-state index in [4.69, 9.17) is 4.74 Å². The van der Waals surface area contributed by atoms with Crippen molar-refractivity contribution < 1.29 is 32.9 Å². The SMILES string of the molecule is Cc1ncccc1NC(=O)C1=CCC2[C@]1(C)CC(C(F)(F)F)=C1C=C3[C@@H](O)[C@H](O)[C@@H](N(C)C)C[C@]34CC[C@@]12O4. The summed E-state index contributed by atoms with van der Waals surface area (Å²) in [6.07, 6.45) is -1.09. The number of rotatable bonds is 3. The molecule has 39 heavy (non-hydrogen) atoms. The lowest BCUT2D eigenvalue weighted by Gasteiger charge is -2.56. The van der Waals surface area contributed by atoms with Crippen molar-refractivity contribution in [1.29, 1.82) is 0 Å². The number of allylic oxidation sites excluding steroid dienone is 2. The Morgan fingerprint density at radius 2 is 2.00 bits per heavy atom. The maximum Gasteiger partial charge on any atom is 0.413 e. The number of carbonyl (C=O) groups excluding carboxylic acids is 1. The smallest absolute Gasteiger partial charge is 0.388 e. The van der Waals surface area contributed by atoms with Crippen LogP contribution in [0.5, 0.6) is 0 Å². The van der Waals surface area contributed by atoms with E-state index >= 15 is 0 Å². The third kappa shape index (κ3) is 3.64. The molecule has 1 aromatic rings. The van der Waals surface area contributed by atoms with E-state index in [1.807, 2.05) is 4.90 Å². The number of hydrogen-bond donors (Lipinski definition) is 3. The summed E-state index contributed by atoms with van der Waals surface area (Å²) in [5.41, 5.74) is -2.21. The molecule has 6 rings (SSSR count). The van der Waals surface area contributed by atoms with E-state index in [9.17, 15) is 28.2 Å². The lowest BCUT2D eigenvalue weighted by Crippen LogP contribution is -2.62.